The number of hydrogen-bond donors (Lipinski definition) is 2. The number of aryl methyl sites for hydroxylation is 1. The van der Waals surface area contributed by atoms with E-state index >= 15 is 8.78 Å². The number of fused-ring (bicyclic) bond motifs is 4. The summed E-state index contributed by atoms with van der Waals surface area (Å²) < 4.78 is 53.1. The van der Waals surface area contributed by atoms with Gasteiger partial charge in [-0.05, 0) is 68.7 Å². The monoisotopic (exact) mass is 641 g/mol. The van der Waals surface area contributed by atoms with Gasteiger partial charge in [-0.15, -0.1) is 6.42 Å². The van der Waals surface area contributed by atoms with Crippen molar-refractivity contribution < 1.29 is 17.9 Å². The van der Waals surface area contributed by atoms with Crippen molar-refractivity contribution in [1.82, 2.24) is 25.2 Å². The van der Waals surface area contributed by atoms with Crippen LogP contribution >= 0.6 is 0 Å². The molecule has 6 heterocycles. The molecule has 2 aromatic carbocycles. The molecule has 0 radical (unpaired) electrons. The third-order valence-corrected chi connectivity index (χ3v) is 10.8. The molecule has 3 N–H and O–H groups in total. The third kappa shape index (κ3) is 4.95. The number of hydrogen-bond acceptors (Lipinski definition) is 8. The molecule has 0 spiro atoms. The minimum Gasteiger partial charge on any atom is -0.461 e. The van der Waals surface area contributed by atoms with Crippen molar-refractivity contribution >= 4 is 33.2 Å². The summed E-state index contributed by atoms with van der Waals surface area (Å²) >= 11 is 0. The fourth-order valence-electron chi connectivity index (χ4n) is 8.44. The molecule has 4 aliphatic heterocycles. The minimum atomic E-state index is -0.906. The maximum atomic E-state index is 17.2. The fourth-order valence-corrected chi connectivity index (χ4v) is 8.44. The van der Waals surface area contributed by atoms with Crippen LogP contribution in [-0.2, 0) is 6.42 Å². The number of nitrogens with zero attached hydrogens (tertiary/aromatic N) is 5. The van der Waals surface area contributed by atoms with Crippen molar-refractivity contribution in [3.63, 3.8) is 0 Å². The van der Waals surface area contributed by atoms with Gasteiger partial charge in [0, 0.05) is 54.8 Å². The van der Waals surface area contributed by atoms with Crippen LogP contribution in [0.5, 0.6) is 6.01 Å². The molecular formula is C36H38F3N7O. The highest BCUT2D eigenvalue weighted by Gasteiger charge is 2.49. The van der Waals surface area contributed by atoms with E-state index in [2.05, 4.69) is 28.0 Å². The highest BCUT2D eigenvalue weighted by atomic mass is 19.1. The Morgan fingerprint density at radius 1 is 1.15 bits per heavy atom. The number of nitrogens with one attached hydrogen (secondary N) is 1. The lowest BCUT2D eigenvalue weighted by Gasteiger charge is -2.42. The number of alkyl halides is 1. The van der Waals surface area contributed by atoms with Gasteiger partial charge in [0.1, 0.15) is 35.6 Å². The molecule has 4 aromatic rings. The maximum absolute atomic E-state index is 17.2. The number of piperazine rings is 1. The van der Waals surface area contributed by atoms with E-state index in [4.69, 9.17) is 31.8 Å². The first-order valence-electron chi connectivity index (χ1n) is 16.7. The lowest BCUT2D eigenvalue weighted by Crippen LogP contribution is -2.57. The number of benzene rings is 2. The maximum Gasteiger partial charge on any atom is 0.319 e. The quantitative estimate of drug-likeness (QED) is 0.217. The molecule has 3 saturated heterocycles. The summed E-state index contributed by atoms with van der Waals surface area (Å²) in [5.41, 5.74) is 7.32. The Balaban J connectivity index is 1.34. The number of rotatable bonds is 5. The molecule has 0 bridgehead atoms. The second kappa shape index (κ2) is 11.5. The second-order valence-corrected chi connectivity index (χ2v) is 13.6. The van der Waals surface area contributed by atoms with Gasteiger partial charge in [-0.1, -0.05) is 18.9 Å². The molecule has 4 aliphatic rings. The topological polar surface area (TPSA) is 92.4 Å². The predicted octanol–water partition coefficient (Wildman–Crippen LogP) is 5.54. The molecule has 3 fully saturated rings. The van der Waals surface area contributed by atoms with E-state index in [1.165, 1.54) is 6.07 Å². The van der Waals surface area contributed by atoms with E-state index in [9.17, 15) is 4.39 Å². The first-order valence-corrected chi connectivity index (χ1v) is 16.7. The molecule has 8 nitrogen and oxygen atoms in total. The third-order valence-electron chi connectivity index (χ3n) is 10.8. The van der Waals surface area contributed by atoms with Crippen LogP contribution in [0.1, 0.15) is 56.7 Å². The van der Waals surface area contributed by atoms with Gasteiger partial charge >= 0.3 is 6.01 Å². The number of terminal acetylenes is 1. The van der Waals surface area contributed by atoms with E-state index < -0.39 is 23.3 Å². The number of anilines is 2. The summed E-state index contributed by atoms with van der Waals surface area (Å²) in [5, 5.41) is 5.16. The first-order chi connectivity index (χ1) is 22.8. The summed E-state index contributed by atoms with van der Waals surface area (Å²) in [6.45, 7) is 5.07. The lowest BCUT2D eigenvalue weighted by atomic mass is 9.93. The van der Waals surface area contributed by atoms with Crippen LogP contribution in [0.15, 0.2) is 24.3 Å². The van der Waals surface area contributed by atoms with Gasteiger partial charge in [0.25, 0.3) is 0 Å². The number of nitrogen functional groups attached to an aromatic ring is 1. The average Bonchev–Trinajstić information content (AvgIpc) is 3.59. The van der Waals surface area contributed by atoms with Crippen LogP contribution < -0.4 is 20.7 Å². The van der Waals surface area contributed by atoms with Crippen LogP contribution in [-0.4, -0.2) is 76.4 Å². The van der Waals surface area contributed by atoms with E-state index in [1.807, 2.05) is 0 Å². The smallest absolute Gasteiger partial charge is 0.319 e. The van der Waals surface area contributed by atoms with E-state index in [0.29, 0.717) is 64.9 Å². The van der Waals surface area contributed by atoms with Gasteiger partial charge in [-0.2, -0.15) is 9.97 Å². The first kappa shape index (κ1) is 30.2. The summed E-state index contributed by atoms with van der Waals surface area (Å²) in [4.78, 5) is 19.1. The standard InChI is InChI=1S/C36H38F3N7O/c1-3-23-18-46-24(16-41-23)7-5-8-28-30-33(43-35(44-34(30)46)47-19-36-11-6-12-45(36)17-21(37)15-36)31(39)32(42-28)26-14-22(40)13-20-9-10-27(38)25(4-2)29(20)26/h2,9-10,13-14,21,23-24,41H,3,5-8,11-12,15-19,40H2,1H3/t21-,23-,24-,36+/m1/s1. The van der Waals surface area contributed by atoms with E-state index in [0.717, 1.165) is 45.2 Å². The van der Waals surface area contributed by atoms with Crippen molar-refractivity contribution in [1.29, 1.82) is 0 Å². The van der Waals surface area contributed by atoms with Gasteiger partial charge < -0.3 is 20.7 Å². The van der Waals surface area contributed by atoms with Gasteiger partial charge in [0.15, 0.2) is 5.82 Å². The normalized spacial score (nSPS) is 25.8. The van der Waals surface area contributed by atoms with Crippen LogP contribution in [0.25, 0.3) is 32.9 Å². The van der Waals surface area contributed by atoms with Crippen molar-refractivity contribution in [2.45, 2.75) is 75.7 Å². The van der Waals surface area contributed by atoms with Gasteiger partial charge in [-0.3, -0.25) is 4.90 Å². The van der Waals surface area contributed by atoms with Crippen molar-refractivity contribution in [2.24, 2.45) is 0 Å². The van der Waals surface area contributed by atoms with Gasteiger partial charge in [0.05, 0.1) is 22.2 Å². The van der Waals surface area contributed by atoms with Crippen LogP contribution in [0.4, 0.5) is 24.7 Å². The summed E-state index contributed by atoms with van der Waals surface area (Å²) in [5.74, 6) is 1.79. The Morgan fingerprint density at radius 3 is 2.85 bits per heavy atom. The number of ether oxygens (including phenoxy) is 1. The summed E-state index contributed by atoms with van der Waals surface area (Å²) in [7, 11) is 0. The van der Waals surface area contributed by atoms with Crippen LogP contribution in [0.2, 0.25) is 0 Å². The Hall–Kier alpha value is -4.14. The summed E-state index contributed by atoms with van der Waals surface area (Å²) in [6.07, 6.45) is 10.3. The Labute approximate surface area is 271 Å². The molecule has 47 heavy (non-hydrogen) atoms. The number of halogens is 3. The molecular weight excluding hydrogens is 603 g/mol. The van der Waals surface area contributed by atoms with Gasteiger partial charge in [0.2, 0.25) is 0 Å². The SMILES string of the molecule is C#Cc1c(F)ccc2cc(N)cc(-c3nc4c5c(nc(OC[C@@]67CCCN6C[C@H](F)C7)nc5c3F)N3C[C@@H](CC)NC[C@H]3CCC4)c12. The van der Waals surface area contributed by atoms with E-state index in [-0.39, 0.29) is 41.5 Å². The Kier molecular flexibility index (Phi) is 7.41. The van der Waals surface area contributed by atoms with E-state index in [1.54, 1.807) is 18.2 Å². The summed E-state index contributed by atoms with van der Waals surface area (Å²) in [6, 6.07) is 6.60. The highest BCUT2D eigenvalue weighted by Crippen LogP contribution is 2.43. The number of nitrogens with two attached hydrogens (primary N) is 1. The molecule has 0 amide bonds. The zero-order chi connectivity index (χ0) is 32.4. The number of aromatic nitrogens is 3. The molecule has 8 rings (SSSR count). The number of pyridine rings is 1. The van der Waals surface area contributed by atoms with Crippen molar-refractivity contribution in [2.75, 3.05) is 43.4 Å². The molecule has 0 unspecified atom stereocenters. The second-order valence-electron chi connectivity index (χ2n) is 13.6. The lowest BCUT2D eigenvalue weighted by molar-refractivity contribution is 0.107. The highest BCUT2D eigenvalue weighted by molar-refractivity contribution is 6.04. The predicted molar refractivity (Wildman–Crippen MR) is 177 cm³/mol. The largest absolute Gasteiger partial charge is 0.461 e. The Morgan fingerprint density at radius 2 is 2.02 bits per heavy atom. The average molecular weight is 642 g/mol. The molecule has 2 aromatic heterocycles. The minimum absolute atomic E-state index is 0.00277. The fraction of sp³-hybridized carbons (Fsp3) is 0.472. The van der Waals surface area contributed by atoms with Crippen LogP contribution in [0.3, 0.4) is 0 Å². The molecule has 0 aliphatic carbocycles. The van der Waals surface area contributed by atoms with Crippen molar-refractivity contribution in [3.05, 3.63) is 47.2 Å². The zero-order valence-corrected chi connectivity index (χ0v) is 26.5. The zero-order valence-electron chi connectivity index (χ0n) is 26.5. The van der Waals surface area contributed by atoms with Crippen LogP contribution in [0, 0.1) is 24.0 Å². The Bertz CT molecular complexity index is 1950. The van der Waals surface area contributed by atoms with Crippen molar-refractivity contribution in [3.8, 4) is 29.6 Å². The molecule has 244 valence electrons. The molecule has 4 atom stereocenters. The molecule has 11 heteroatoms. The molecule has 0 saturated carbocycles. The van der Waals surface area contributed by atoms with Gasteiger partial charge in [-0.25, -0.2) is 18.2 Å².